The molecular weight excluding hydrogens is 222 g/mol. The molecule has 0 aliphatic carbocycles. The summed E-state index contributed by atoms with van der Waals surface area (Å²) in [6.07, 6.45) is 2.57. The first kappa shape index (κ1) is 13.3. The number of anilines is 1. The number of piperidine rings is 1. The van der Waals surface area contributed by atoms with Crippen molar-refractivity contribution in [2.75, 3.05) is 18.0 Å². The first-order valence-corrected chi connectivity index (χ1v) is 7.16. The van der Waals surface area contributed by atoms with Crippen LogP contribution in [0.1, 0.15) is 52.1 Å². The average Bonchev–Trinajstić information content (AvgIpc) is 2.39. The van der Waals surface area contributed by atoms with Crippen LogP contribution in [0.25, 0.3) is 0 Å². The van der Waals surface area contributed by atoms with Crippen LogP contribution < -0.4 is 4.90 Å². The van der Waals surface area contributed by atoms with Gasteiger partial charge in [-0.05, 0) is 42.7 Å². The molecule has 0 bridgehead atoms. The van der Waals surface area contributed by atoms with Crippen molar-refractivity contribution >= 4 is 5.82 Å². The van der Waals surface area contributed by atoms with Crippen LogP contribution in [-0.2, 0) is 0 Å². The molecule has 3 heteroatoms. The van der Waals surface area contributed by atoms with E-state index in [9.17, 15) is 0 Å². The molecule has 2 rings (SSSR count). The van der Waals surface area contributed by atoms with Crippen LogP contribution in [0, 0.1) is 11.8 Å². The molecule has 0 unspecified atom stereocenters. The van der Waals surface area contributed by atoms with Crippen LogP contribution in [-0.4, -0.2) is 23.3 Å². The fourth-order valence-electron chi connectivity index (χ4n) is 2.61. The number of hydrogen-bond acceptors (Lipinski definition) is 3. The molecule has 0 N–H and O–H groups in total. The van der Waals surface area contributed by atoms with Crippen LogP contribution in [0.2, 0.25) is 0 Å². The van der Waals surface area contributed by atoms with E-state index in [1.165, 1.54) is 12.8 Å². The molecule has 1 aliphatic heterocycles. The van der Waals surface area contributed by atoms with Crippen molar-refractivity contribution in [2.24, 2.45) is 11.8 Å². The highest BCUT2D eigenvalue weighted by molar-refractivity contribution is 5.38. The van der Waals surface area contributed by atoms with Gasteiger partial charge < -0.3 is 4.90 Å². The Bertz CT molecular complexity index is 362. The summed E-state index contributed by atoms with van der Waals surface area (Å²) < 4.78 is 0. The van der Waals surface area contributed by atoms with E-state index < -0.39 is 0 Å². The minimum Gasteiger partial charge on any atom is -0.355 e. The molecular formula is C15H25N3. The van der Waals surface area contributed by atoms with Crippen LogP contribution in [0.4, 0.5) is 5.82 Å². The lowest BCUT2D eigenvalue weighted by atomic mass is 9.87. The van der Waals surface area contributed by atoms with Gasteiger partial charge >= 0.3 is 0 Å². The van der Waals surface area contributed by atoms with Crippen LogP contribution >= 0.6 is 0 Å². The molecule has 100 valence electrons. The lowest BCUT2D eigenvalue weighted by molar-refractivity contribution is 0.310. The van der Waals surface area contributed by atoms with Gasteiger partial charge in [-0.15, -0.1) is 5.10 Å². The molecule has 0 radical (unpaired) electrons. The van der Waals surface area contributed by atoms with Crippen molar-refractivity contribution in [3.63, 3.8) is 0 Å². The van der Waals surface area contributed by atoms with Gasteiger partial charge in [0.05, 0.1) is 5.69 Å². The second-order valence-corrected chi connectivity index (χ2v) is 6.04. The lowest BCUT2D eigenvalue weighted by Crippen LogP contribution is -2.35. The molecule has 0 amide bonds. The van der Waals surface area contributed by atoms with Crippen LogP contribution in [0.15, 0.2) is 12.1 Å². The van der Waals surface area contributed by atoms with E-state index in [1.807, 2.05) is 0 Å². The molecule has 0 spiro atoms. The van der Waals surface area contributed by atoms with Crippen molar-refractivity contribution in [3.05, 3.63) is 17.8 Å². The fourth-order valence-corrected chi connectivity index (χ4v) is 2.61. The molecule has 1 aliphatic rings. The van der Waals surface area contributed by atoms with E-state index in [1.54, 1.807) is 0 Å². The molecule has 1 fully saturated rings. The van der Waals surface area contributed by atoms with Crippen molar-refractivity contribution in [3.8, 4) is 0 Å². The largest absolute Gasteiger partial charge is 0.355 e. The number of hydrogen-bond donors (Lipinski definition) is 0. The zero-order valence-electron chi connectivity index (χ0n) is 12.1. The van der Waals surface area contributed by atoms with E-state index in [4.69, 9.17) is 0 Å². The Morgan fingerprint density at radius 2 is 1.72 bits per heavy atom. The van der Waals surface area contributed by atoms with Gasteiger partial charge in [-0.25, -0.2) is 0 Å². The Balaban J connectivity index is 1.97. The topological polar surface area (TPSA) is 29.0 Å². The van der Waals surface area contributed by atoms with Crippen molar-refractivity contribution in [1.29, 1.82) is 0 Å². The number of nitrogens with zero attached hydrogens (tertiary/aromatic N) is 3. The number of aromatic nitrogens is 2. The van der Waals surface area contributed by atoms with E-state index in [0.29, 0.717) is 5.92 Å². The second kappa shape index (κ2) is 5.68. The van der Waals surface area contributed by atoms with E-state index in [2.05, 4.69) is 54.9 Å². The summed E-state index contributed by atoms with van der Waals surface area (Å²) in [5.41, 5.74) is 1.08. The van der Waals surface area contributed by atoms with Gasteiger partial charge in [-0.1, -0.05) is 27.7 Å². The molecule has 1 aromatic rings. The third-order valence-corrected chi connectivity index (χ3v) is 4.07. The first-order chi connectivity index (χ1) is 8.58. The van der Waals surface area contributed by atoms with Gasteiger partial charge in [-0.3, -0.25) is 0 Å². The van der Waals surface area contributed by atoms with Crippen LogP contribution in [0.3, 0.4) is 0 Å². The Labute approximate surface area is 111 Å². The third-order valence-electron chi connectivity index (χ3n) is 4.07. The smallest absolute Gasteiger partial charge is 0.151 e. The summed E-state index contributed by atoms with van der Waals surface area (Å²) in [5.74, 6) is 3.19. The van der Waals surface area contributed by atoms with Gasteiger partial charge in [-0.2, -0.15) is 5.10 Å². The van der Waals surface area contributed by atoms with E-state index in [0.717, 1.165) is 36.4 Å². The molecule has 18 heavy (non-hydrogen) atoms. The third kappa shape index (κ3) is 3.01. The molecule has 0 aromatic carbocycles. The molecule has 3 nitrogen and oxygen atoms in total. The highest BCUT2D eigenvalue weighted by Crippen LogP contribution is 2.26. The van der Waals surface area contributed by atoms with Crippen molar-refractivity contribution < 1.29 is 0 Å². The maximum absolute atomic E-state index is 4.37. The zero-order valence-corrected chi connectivity index (χ0v) is 12.1. The lowest BCUT2D eigenvalue weighted by Gasteiger charge is -2.34. The van der Waals surface area contributed by atoms with E-state index in [-0.39, 0.29) is 0 Å². The molecule has 1 aromatic heterocycles. The summed E-state index contributed by atoms with van der Waals surface area (Å²) in [6, 6.07) is 4.24. The van der Waals surface area contributed by atoms with Crippen molar-refractivity contribution in [2.45, 2.75) is 46.5 Å². The summed E-state index contributed by atoms with van der Waals surface area (Å²) >= 11 is 0. The maximum Gasteiger partial charge on any atom is 0.151 e. The predicted octanol–water partition coefficient (Wildman–Crippen LogP) is 3.47. The average molecular weight is 247 g/mol. The van der Waals surface area contributed by atoms with Gasteiger partial charge in [0.2, 0.25) is 0 Å². The fraction of sp³-hybridized carbons (Fsp3) is 0.733. The second-order valence-electron chi connectivity index (χ2n) is 6.04. The maximum atomic E-state index is 4.37. The summed E-state index contributed by atoms with van der Waals surface area (Å²) in [4.78, 5) is 2.37. The molecule has 0 atom stereocenters. The van der Waals surface area contributed by atoms with Crippen LogP contribution in [0.5, 0.6) is 0 Å². The summed E-state index contributed by atoms with van der Waals surface area (Å²) in [7, 11) is 0. The Morgan fingerprint density at radius 3 is 2.17 bits per heavy atom. The standard InChI is InChI=1S/C15H25N3/c1-11(2)13-7-9-18(10-8-13)15-6-5-14(12(3)4)16-17-15/h5-6,11-13H,7-10H2,1-4H3. The number of rotatable bonds is 3. The molecule has 1 saturated heterocycles. The first-order valence-electron chi connectivity index (χ1n) is 7.16. The Morgan fingerprint density at radius 1 is 1.06 bits per heavy atom. The normalized spacial score (nSPS) is 17.8. The molecule has 2 heterocycles. The Kier molecular flexibility index (Phi) is 4.20. The minimum absolute atomic E-state index is 0.457. The highest BCUT2D eigenvalue weighted by Gasteiger charge is 2.22. The Hall–Kier alpha value is -1.12. The van der Waals surface area contributed by atoms with Gasteiger partial charge in [0.25, 0.3) is 0 Å². The minimum atomic E-state index is 0.457. The monoisotopic (exact) mass is 247 g/mol. The zero-order chi connectivity index (χ0) is 13.1. The quantitative estimate of drug-likeness (QED) is 0.819. The predicted molar refractivity (Wildman–Crippen MR) is 75.9 cm³/mol. The van der Waals surface area contributed by atoms with Gasteiger partial charge in [0.15, 0.2) is 5.82 Å². The van der Waals surface area contributed by atoms with Gasteiger partial charge in [0, 0.05) is 13.1 Å². The van der Waals surface area contributed by atoms with Crippen molar-refractivity contribution in [1.82, 2.24) is 10.2 Å². The van der Waals surface area contributed by atoms with Gasteiger partial charge in [0.1, 0.15) is 0 Å². The SMILES string of the molecule is CC(C)c1ccc(N2CCC(C(C)C)CC2)nn1. The summed E-state index contributed by atoms with van der Waals surface area (Å²) in [6.45, 7) is 11.2. The van der Waals surface area contributed by atoms with E-state index >= 15 is 0 Å². The highest BCUT2D eigenvalue weighted by atomic mass is 15.3. The summed E-state index contributed by atoms with van der Waals surface area (Å²) in [5, 5.41) is 8.69. The molecule has 0 saturated carbocycles.